The summed E-state index contributed by atoms with van der Waals surface area (Å²) in [6.45, 7) is 6.78. The molecule has 114 valence electrons. The van der Waals surface area contributed by atoms with E-state index in [0.717, 1.165) is 24.4 Å². The van der Waals surface area contributed by atoms with Gasteiger partial charge in [0.15, 0.2) is 0 Å². The molecule has 0 N–H and O–H groups in total. The zero-order valence-electron chi connectivity index (χ0n) is 12.6. The predicted molar refractivity (Wildman–Crippen MR) is 82.5 cm³/mol. The average molecular weight is 311 g/mol. The van der Waals surface area contributed by atoms with Gasteiger partial charge in [-0.25, -0.2) is 9.37 Å². The summed E-state index contributed by atoms with van der Waals surface area (Å²) in [6, 6.07) is 3.40. The Kier molecular flexibility index (Phi) is 3.70. The van der Waals surface area contributed by atoms with Crippen molar-refractivity contribution >= 4 is 22.6 Å². The number of hydrogen-bond donors (Lipinski definition) is 0. The number of hydrogen-bond acceptors (Lipinski definition) is 2. The van der Waals surface area contributed by atoms with E-state index in [-0.39, 0.29) is 17.5 Å². The molecule has 1 aromatic carbocycles. The lowest BCUT2D eigenvalue weighted by Crippen LogP contribution is -2.38. The monoisotopic (exact) mass is 310 g/mol. The van der Waals surface area contributed by atoms with Crippen molar-refractivity contribution in [1.82, 2.24) is 9.55 Å². The minimum atomic E-state index is -0.217. The van der Waals surface area contributed by atoms with Gasteiger partial charge < -0.3 is 9.30 Å². The van der Waals surface area contributed by atoms with Crippen LogP contribution in [0.2, 0.25) is 0 Å². The molecule has 2 unspecified atom stereocenters. The van der Waals surface area contributed by atoms with Crippen LogP contribution in [0.1, 0.15) is 31.7 Å². The van der Waals surface area contributed by atoms with Crippen molar-refractivity contribution < 1.29 is 9.13 Å². The van der Waals surface area contributed by atoms with Gasteiger partial charge in [-0.3, -0.25) is 0 Å². The van der Waals surface area contributed by atoms with Crippen molar-refractivity contribution in [2.24, 2.45) is 0 Å². The smallest absolute Gasteiger partial charge is 0.128 e. The highest BCUT2D eigenvalue weighted by Gasteiger charge is 2.41. The number of fused-ring (bicyclic) bond motifs is 1. The normalized spacial score (nSPS) is 25.9. The number of aryl methyl sites for hydroxylation is 2. The van der Waals surface area contributed by atoms with Gasteiger partial charge in [0.2, 0.25) is 0 Å². The molecule has 1 saturated heterocycles. The lowest BCUT2D eigenvalue weighted by atomic mass is 9.93. The van der Waals surface area contributed by atoms with E-state index in [1.807, 2.05) is 6.07 Å². The maximum Gasteiger partial charge on any atom is 0.128 e. The summed E-state index contributed by atoms with van der Waals surface area (Å²) in [7, 11) is 0. The first-order chi connectivity index (χ1) is 9.97. The fourth-order valence-electron chi connectivity index (χ4n) is 3.19. The first-order valence-corrected chi connectivity index (χ1v) is 7.86. The Hall–Kier alpha value is -1.13. The standard InChI is InChI=1S/C16H20ClFN2O/c1-10-8-14-13(9-12(10)18)19-15(4-6-17)20(14)16(3)5-7-21-11(16)2/h8-9,11H,4-7H2,1-3H3. The van der Waals surface area contributed by atoms with Crippen LogP contribution in [0.3, 0.4) is 0 Å². The lowest BCUT2D eigenvalue weighted by Gasteiger charge is -2.32. The van der Waals surface area contributed by atoms with E-state index in [0.29, 0.717) is 23.4 Å². The number of aromatic nitrogens is 2. The number of imidazole rings is 1. The number of benzene rings is 1. The van der Waals surface area contributed by atoms with Gasteiger partial charge in [-0.2, -0.15) is 0 Å². The van der Waals surface area contributed by atoms with Crippen LogP contribution in [-0.4, -0.2) is 28.1 Å². The van der Waals surface area contributed by atoms with Crippen LogP contribution < -0.4 is 0 Å². The van der Waals surface area contributed by atoms with E-state index < -0.39 is 0 Å². The summed E-state index contributed by atoms with van der Waals surface area (Å²) in [5, 5.41) is 0. The molecule has 1 fully saturated rings. The summed E-state index contributed by atoms with van der Waals surface area (Å²) in [5.74, 6) is 1.19. The second-order valence-corrected chi connectivity index (χ2v) is 6.39. The van der Waals surface area contributed by atoms with Crippen LogP contribution in [0.5, 0.6) is 0 Å². The highest BCUT2D eigenvalue weighted by molar-refractivity contribution is 6.17. The van der Waals surface area contributed by atoms with E-state index in [2.05, 4.69) is 23.4 Å². The molecule has 2 aromatic rings. The summed E-state index contributed by atoms with van der Waals surface area (Å²) < 4.78 is 21.8. The van der Waals surface area contributed by atoms with Gasteiger partial charge in [0, 0.05) is 25.0 Å². The molecule has 1 aliphatic rings. The molecule has 1 aromatic heterocycles. The molecule has 21 heavy (non-hydrogen) atoms. The Labute approximate surface area is 129 Å². The van der Waals surface area contributed by atoms with E-state index in [1.54, 1.807) is 6.92 Å². The maximum absolute atomic E-state index is 13.8. The van der Waals surface area contributed by atoms with E-state index in [9.17, 15) is 4.39 Å². The van der Waals surface area contributed by atoms with Crippen molar-refractivity contribution in [3.8, 4) is 0 Å². The van der Waals surface area contributed by atoms with Gasteiger partial charge in [-0.15, -0.1) is 11.6 Å². The van der Waals surface area contributed by atoms with Gasteiger partial charge in [0.1, 0.15) is 11.6 Å². The molecule has 0 aliphatic carbocycles. The molecule has 2 heterocycles. The Balaban J connectivity index is 2.27. The van der Waals surface area contributed by atoms with Gasteiger partial charge in [0.05, 0.1) is 22.7 Å². The van der Waals surface area contributed by atoms with Crippen molar-refractivity contribution in [2.75, 3.05) is 12.5 Å². The zero-order valence-corrected chi connectivity index (χ0v) is 13.4. The molecule has 0 radical (unpaired) electrons. The molecule has 3 nitrogen and oxygen atoms in total. The fourth-order valence-corrected chi connectivity index (χ4v) is 3.36. The van der Waals surface area contributed by atoms with Crippen LogP contribution in [-0.2, 0) is 16.7 Å². The molecular formula is C16H20ClFN2O. The van der Waals surface area contributed by atoms with Crippen molar-refractivity contribution in [3.05, 3.63) is 29.3 Å². The third kappa shape index (κ3) is 2.25. The maximum atomic E-state index is 13.8. The molecule has 0 amide bonds. The number of alkyl halides is 1. The minimum absolute atomic E-state index is 0.0920. The molecular weight excluding hydrogens is 291 g/mol. The lowest BCUT2D eigenvalue weighted by molar-refractivity contribution is 0.0764. The van der Waals surface area contributed by atoms with Gasteiger partial charge in [0.25, 0.3) is 0 Å². The van der Waals surface area contributed by atoms with Crippen LogP contribution in [0, 0.1) is 12.7 Å². The molecule has 5 heteroatoms. The first kappa shape index (κ1) is 14.8. The Morgan fingerprint density at radius 3 is 2.90 bits per heavy atom. The fraction of sp³-hybridized carbons (Fsp3) is 0.562. The van der Waals surface area contributed by atoms with Gasteiger partial charge in [-0.1, -0.05) is 0 Å². The van der Waals surface area contributed by atoms with E-state index in [1.165, 1.54) is 6.07 Å². The van der Waals surface area contributed by atoms with Crippen LogP contribution in [0.25, 0.3) is 11.0 Å². The topological polar surface area (TPSA) is 27.1 Å². The van der Waals surface area contributed by atoms with Crippen LogP contribution in [0.15, 0.2) is 12.1 Å². The number of halogens is 2. The van der Waals surface area contributed by atoms with Crippen molar-refractivity contribution in [2.45, 2.75) is 45.3 Å². The molecule has 1 aliphatic heterocycles. The van der Waals surface area contributed by atoms with E-state index >= 15 is 0 Å². The summed E-state index contributed by atoms with van der Waals surface area (Å²) in [4.78, 5) is 4.61. The van der Waals surface area contributed by atoms with Crippen molar-refractivity contribution in [1.29, 1.82) is 0 Å². The number of nitrogens with zero attached hydrogens (tertiary/aromatic N) is 2. The Morgan fingerprint density at radius 2 is 2.29 bits per heavy atom. The minimum Gasteiger partial charge on any atom is -0.376 e. The largest absolute Gasteiger partial charge is 0.376 e. The molecule has 0 bridgehead atoms. The second kappa shape index (κ2) is 5.25. The number of rotatable bonds is 3. The Morgan fingerprint density at radius 1 is 1.52 bits per heavy atom. The van der Waals surface area contributed by atoms with E-state index in [4.69, 9.17) is 16.3 Å². The Bertz CT molecular complexity index is 684. The second-order valence-electron chi connectivity index (χ2n) is 6.01. The van der Waals surface area contributed by atoms with Gasteiger partial charge in [-0.05, 0) is 38.8 Å². The SMILES string of the molecule is Cc1cc2c(cc1F)nc(CCCl)n2C1(C)CCOC1C. The molecule has 0 spiro atoms. The highest BCUT2D eigenvalue weighted by atomic mass is 35.5. The summed E-state index contributed by atoms with van der Waals surface area (Å²) in [5.41, 5.74) is 2.13. The average Bonchev–Trinajstić information content (AvgIpc) is 2.93. The molecule has 2 atom stereocenters. The zero-order chi connectivity index (χ0) is 15.2. The molecule has 0 saturated carbocycles. The molecule has 3 rings (SSSR count). The predicted octanol–water partition coefficient (Wildman–Crippen LogP) is 3.79. The van der Waals surface area contributed by atoms with Gasteiger partial charge >= 0.3 is 0 Å². The van der Waals surface area contributed by atoms with Crippen LogP contribution >= 0.6 is 11.6 Å². The quantitative estimate of drug-likeness (QED) is 0.807. The summed E-state index contributed by atoms with van der Waals surface area (Å²) >= 11 is 5.93. The number of ether oxygens (including phenoxy) is 1. The third-order valence-corrected chi connectivity index (χ3v) is 4.87. The highest BCUT2D eigenvalue weighted by Crippen LogP contribution is 2.37. The van der Waals surface area contributed by atoms with Crippen LogP contribution in [0.4, 0.5) is 4.39 Å². The first-order valence-electron chi connectivity index (χ1n) is 7.33. The third-order valence-electron chi connectivity index (χ3n) is 4.69. The van der Waals surface area contributed by atoms with Crippen molar-refractivity contribution in [3.63, 3.8) is 0 Å². The summed E-state index contributed by atoms with van der Waals surface area (Å²) in [6.07, 6.45) is 1.68.